The monoisotopic (exact) mass is 552 g/mol. The molecular weight excluding hydrogens is 529 g/mol. The average molecular weight is 553 g/mol. The van der Waals surface area contributed by atoms with Crippen LogP contribution in [0.3, 0.4) is 0 Å². The third-order valence-corrected chi connectivity index (χ3v) is 15.2. The minimum atomic E-state index is 0.589. The normalized spacial score (nSPS) is 22.9. The van der Waals surface area contributed by atoms with Crippen LogP contribution < -0.4 is 0 Å². The van der Waals surface area contributed by atoms with Crippen molar-refractivity contribution in [3.8, 4) is 0 Å². The molecule has 12 heteroatoms. The van der Waals surface area contributed by atoms with E-state index in [1.807, 2.05) is 47.0 Å². The van der Waals surface area contributed by atoms with E-state index < -0.39 is 0 Å². The van der Waals surface area contributed by atoms with Gasteiger partial charge >= 0.3 is 0 Å². The third-order valence-electron chi connectivity index (χ3n) is 2.83. The molecule has 1 aliphatic heterocycles. The van der Waals surface area contributed by atoms with Gasteiger partial charge in [-0.1, -0.05) is 0 Å². The van der Waals surface area contributed by atoms with E-state index >= 15 is 0 Å². The molecule has 0 saturated carbocycles. The lowest BCUT2D eigenvalue weighted by molar-refractivity contribution is 1.02. The van der Waals surface area contributed by atoms with Gasteiger partial charge in [0.2, 0.25) is 0 Å². The van der Waals surface area contributed by atoms with Gasteiger partial charge in [0.05, 0.1) is 18.3 Å². The molecule has 1 saturated heterocycles. The molecule has 0 spiro atoms. The molecular formula is C12H24S12. The first-order chi connectivity index (χ1) is 11.7. The fourth-order valence-electron chi connectivity index (χ4n) is 1.77. The summed E-state index contributed by atoms with van der Waals surface area (Å²) < 4.78 is 2.68. The van der Waals surface area contributed by atoms with Crippen LogP contribution in [-0.2, 0) is 0 Å². The Bertz CT molecular complexity index is 285. The predicted octanol–water partition coefficient (Wildman–Crippen LogP) is 7.41. The summed E-state index contributed by atoms with van der Waals surface area (Å²) in [5.41, 5.74) is 0. The van der Waals surface area contributed by atoms with Gasteiger partial charge in [-0.05, 0) is 12.8 Å². The third kappa shape index (κ3) is 12.7. The van der Waals surface area contributed by atoms with E-state index in [0.717, 1.165) is 29.5 Å². The minimum Gasteiger partial charge on any atom is -0.168 e. The molecule has 1 fully saturated rings. The van der Waals surface area contributed by atoms with Crippen LogP contribution in [0.1, 0.15) is 12.8 Å². The van der Waals surface area contributed by atoms with Crippen LogP contribution in [0.4, 0.5) is 0 Å². The van der Waals surface area contributed by atoms with Crippen LogP contribution in [0.5, 0.6) is 0 Å². The van der Waals surface area contributed by atoms with Gasteiger partial charge in [0, 0.05) is 30.5 Å². The van der Waals surface area contributed by atoms with Crippen LogP contribution in [0, 0.1) is 0 Å². The Kier molecular flexibility index (Phi) is 19.7. The molecule has 0 aromatic carbocycles. The fourth-order valence-corrected chi connectivity index (χ4v) is 16.8. The Labute approximate surface area is 203 Å². The van der Waals surface area contributed by atoms with E-state index in [2.05, 4.69) is 97.6 Å². The van der Waals surface area contributed by atoms with Crippen molar-refractivity contribution in [3.63, 3.8) is 0 Å². The van der Waals surface area contributed by atoms with Crippen molar-refractivity contribution in [2.24, 2.45) is 0 Å². The second kappa shape index (κ2) is 18.0. The highest BCUT2D eigenvalue weighted by Gasteiger charge is 2.24. The first-order valence-corrected chi connectivity index (χ1v) is 18.0. The second-order valence-electron chi connectivity index (χ2n) is 4.28. The first kappa shape index (κ1) is 26.2. The van der Waals surface area contributed by atoms with Gasteiger partial charge < -0.3 is 0 Å². The van der Waals surface area contributed by atoms with Gasteiger partial charge in [-0.2, -0.15) is 50.5 Å². The molecule has 1 aliphatic rings. The van der Waals surface area contributed by atoms with Gasteiger partial charge in [-0.25, -0.2) is 0 Å². The lowest BCUT2D eigenvalue weighted by atomic mass is 10.5. The summed E-state index contributed by atoms with van der Waals surface area (Å²) in [5, 5.41) is 5.98. The molecule has 0 amide bonds. The zero-order chi connectivity index (χ0) is 17.6. The molecule has 0 radical (unpaired) electrons. The largest absolute Gasteiger partial charge is 0.168 e. The molecule has 24 heavy (non-hydrogen) atoms. The van der Waals surface area contributed by atoms with Crippen LogP contribution in [0.25, 0.3) is 0 Å². The SMILES string of the molecule is SCSC(CC(SCS)SCSC1CC(SCS)SCS1)SCS. The predicted molar refractivity (Wildman–Crippen MR) is 150 cm³/mol. The molecule has 1 rings (SSSR count). The van der Waals surface area contributed by atoms with Gasteiger partial charge in [-0.3, -0.25) is 0 Å². The average Bonchev–Trinajstić information content (AvgIpc) is 2.56. The van der Waals surface area contributed by atoms with Crippen molar-refractivity contribution in [2.45, 2.75) is 31.2 Å². The molecule has 144 valence electrons. The summed E-state index contributed by atoms with van der Waals surface area (Å²) >= 11 is 33.7. The summed E-state index contributed by atoms with van der Waals surface area (Å²) in [6, 6.07) is 0. The molecule has 0 bridgehead atoms. The molecule has 0 nitrogen and oxygen atoms in total. The Morgan fingerprint density at radius 1 is 0.750 bits per heavy atom. The van der Waals surface area contributed by atoms with Crippen molar-refractivity contribution in [1.29, 1.82) is 0 Å². The molecule has 3 unspecified atom stereocenters. The van der Waals surface area contributed by atoms with Crippen LogP contribution in [0.15, 0.2) is 0 Å². The van der Waals surface area contributed by atoms with Gasteiger partial charge in [0.25, 0.3) is 0 Å². The smallest absolute Gasteiger partial charge is 0.0537 e. The van der Waals surface area contributed by atoms with E-state index in [1.165, 1.54) is 23.0 Å². The number of rotatable bonds is 14. The Morgan fingerprint density at radius 3 is 1.83 bits per heavy atom. The summed E-state index contributed by atoms with van der Waals surface area (Å²) in [5.74, 6) is 0. The van der Waals surface area contributed by atoms with Gasteiger partial charge in [0.1, 0.15) is 0 Å². The number of hydrogen-bond acceptors (Lipinski definition) is 12. The molecule has 1 heterocycles. The van der Waals surface area contributed by atoms with Crippen LogP contribution in [0.2, 0.25) is 0 Å². The summed E-state index contributed by atoms with van der Waals surface area (Å²) in [6.07, 6.45) is 2.49. The maximum absolute atomic E-state index is 4.43. The molecule has 0 N–H and O–H groups in total. The number of thiol groups is 4. The Hall–Kier alpha value is 4.20. The van der Waals surface area contributed by atoms with E-state index in [9.17, 15) is 0 Å². The number of thioether (sulfide) groups is 8. The van der Waals surface area contributed by atoms with Crippen LogP contribution >= 0.6 is 145 Å². The summed E-state index contributed by atoms with van der Waals surface area (Å²) in [6.45, 7) is 0. The van der Waals surface area contributed by atoms with Crippen molar-refractivity contribution in [1.82, 2.24) is 0 Å². The lowest BCUT2D eigenvalue weighted by Crippen LogP contribution is -2.14. The van der Waals surface area contributed by atoms with Gasteiger partial charge in [-0.15, -0.1) is 94.1 Å². The maximum atomic E-state index is 4.43. The zero-order valence-electron chi connectivity index (χ0n) is 13.0. The van der Waals surface area contributed by atoms with Crippen molar-refractivity contribution in [3.05, 3.63) is 0 Å². The topological polar surface area (TPSA) is 0 Å². The second-order valence-corrected chi connectivity index (χ2v) is 18.7. The van der Waals surface area contributed by atoms with E-state index in [4.69, 9.17) is 0 Å². The summed E-state index contributed by atoms with van der Waals surface area (Å²) in [4.78, 5) is 0. The zero-order valence-corrected chi connectivity index (χ0v) is 23.1. The minimum absolute atomic E-state index is 0.589. The highest BCUT2D eigenvalue weighted by molar-refractivity contribution is 8.31. The summed E-state index contributed by atoms with van der Waals surface area (Å²) in [7, 11) is 0. The maximum Gasteiger partial charge on any atom is 0.0537 e. The molecule has 0 aromatic heterocycles. The molecule has 0 aliphatic carbocycles. The highest BCUT2D eigenvalue weighted by Crippen LogP contribution is 2.46. The quantitative estimate of drug-likeness (QED) is 0.128. The number of hydrogen-bond donors (Lipinski definition) is 4. The standard InChI is InChI=1S/C12H24S12/c13-3-17-9(18-4-14)1-10(19-5-15)21-7-23-12-2-11(20-6-16)22-8-24-12/h9-16H,1-8H2. The van der Waals surface area contributed by atoms with Crippen LogP contribution in [-0.4, -0.2) is 48.8 Å². The first-order valence-electron chi connectivity index (χ1n) is 7.09. The van der Waals surface area contributed by atoms with E-state index in [1.54, 1.807) is 0 Å². The molecule has 0 aromatic rings. The van der Waals surface area contributed by atoms with Crippen molar-refractivity contribution < 1.29 is 0 Å². The fraction of sp³-hybridized carbons (Fsp3) is 1.00. The highest BCUT2D eigenvalue weighted by atomic mass is 32.3. The molecule has 3 atom stereocenters. The van der Waals surface area contributed by atoms with Crippen molar-refractivity contribution >= 4 is 145 Å². The van der Waals surface area contributed by atoms with Crippen molar-refractivity contribution in [2.75, 3.05) is 30.5 Å². The van der Waals surface area contributed by atoms with E-state index in [-0.39, 0.29) is 0 Å². The van der Waals surface area contributed by atoms with E-state index in [0.29, 0.717) is 9.16 Å². The van der Waals surface area contributed by atoms with Gasteiger partial charge in [0.15, 0.2) is 0 Å². The lowest BCUT2D eigenvalue weighted by Gasteiger charge is -2.28. The Morgan fingerprint density at radius 2 is 1.29 bits per heavy atom. The Balaban J connectivity index is 2.31.